The van der Waals surface area contributed by atoms with Crippen LogP contribution in [0.1, 0.15) is 31.7 Å². The molecular weight excluding hydrogens is 260 g/mol. The molecule has 0 aliphatic carbocycles. The summed E-state index contributed by atoms with van der Waals surface area (Å²) in [6, 6.07) is 3.94. The molecule has 2 rings (SSSR count). The first-order chi connectivity index (χ1) is 9.06. The second-order valence-corrected chi connectivity index (χ2v) is 5.75. The number of imidazole rings is 1. The fourth-order valence-corrected chi connectivity index (χ4v) is 2.06. The quantitative estimate of drug-likeness (QED) is 0.808. The molecule has 2 aromatic rings. The van der Waals surface area contributed by atoms with Crippen molar-refractivity contribution in [1.82, 2.24) is 9.97 Å². The number of nitrogens with zero attached hydrogens (tertiary/aromatic N) is 1. The van der Waals surface area contributed by atoms with E-state index in [0.29, 0.717) is 12.5 Å². The maximum atomic E-state index is 6.09. The van der Waals surface area contributed by atoms with Crippen LogP contribution in [0.15, 0.2) is 12.1 Å². The molecule has 0 atom stereocenters. The number of rotatable bonds is 6. The van der Waals surface area contributed by atoms with Crippen molar-refractivity contribution in [1.29, 1.82) is 0 Å². The van der Waals surface area contributed by atoms with Crippen molar-refractivity contribution < 1.29 is 4.74 Å². The molecule has 0 fully saturated rings. The summed E-state index contributed by atoms with van der Waals surface area (Å²) in [5, 5.41) is 0.763. The molecule has 1 aromatic carbocycles. The number of benzene rings is 1. The zero-order valence-corrected chi connectivity index (χ0v) is 12.5. The second-order valence-electron chi connectivity index (χ2n) is 5.35. The molecule has 0 aliphatic heterocycles. The van der Waals surface area contributed by atoms with Gasteiger partial charge in [0.1, 0.15) is 5.82 Å². The summed E-state index contributed by atoms with van der Waals surface area (Å²) in [7, 11) is 0. The lowest BCUT2D eigenvalue weighted by Gasteiger charge is -2.04. The van der Waals surface area contributed by atoms with E-state index in [1.165, 1.54) is 0 Å². The summed E-state index contributed by atoms with van der Waals surface area (Å²) in [6.07, 6.45) is 1.92. The lowest BCUT2D eigenvalue weighted by atomic mass is 10.1. The molecule has 0 amide bonds. The summed E-state index contributed by atoms with van der Waals surface area (Å²) in [4.78, 5) is 7.84. The zero-order chi connectivity index (χ0) is 13.8. The number of nitrogens with one attached hydrogen (secondary N) is 1. The lowest BCUT2D eigenvalue weighted by molar-refractivity contribution is 0.125. The van der Waals surface area contributed by atoms with Gasteiger partial charge >= 0.3 is 0 Å². The number of aryl methyl sites for hydroxylation is 1. The van der Waals surface area contributed by atoms with Gasteiger partial charge in [0, 0.05) is 18.1 Å². The van der Waals surface area contributed by atoms with E-state index in [0.717, 1.165) is 46.9 Å². The van der Waals surface area contributed by atoms with Gasteiger partial charge in [-0.15, -0.1) is 0 Å². The van der Waals surface area contributed by atoms with Crippen LogP contribution >= 0.6 is 11.6 Å². The highest BCUT2D eigenvalue weighted by atomic mass is 35.5. The largest absolute Gasteiger partial charge is 0.381 e. The molecule has 0 bridgehead atoms. The summed E-state index contributed by atoms with van der Waals surface area (Å²) >= 11 is 6.09. The average molecular weight is 281 g/mol. The van der Waals surface area contributed by atoms with E-state index in [-0.39, 0.29) is 0 Å². The maximum absolute atomic E-state index is 6.09. The van der Waals surface area contributed by atoms with Gasteiger partial charge in [-0.1, -0.05) is 25.4 Å². The number of fused-ring (bicyclic) bond motifs is 1. The second kappa shape index (κ2) is 6.40. The molecule has 19 heavy (non-hydrogen) atoms. The number of H-pyrrole nitrogens is 1. The van der Waals surface area contributed by atoms with E-state index < -0.39 is 0 Å². The third-order valence-corrected chi connectivity index (χ3v) is 3.54. The molecule has 3 nitrogen and oxygen atoms in total. The molecule has 1 N–H and O–H groups in total. The SMILES string of the molecule is Cc1cc2[nH]c(CCOCCC(C)C)nc2cc1Cl. The van der Waals surface area contributed by atoms with E-state index in [9.17, 15) is 0 Å². The fraction of sp³-hybridized carbons (Fsp3) is 0.533. The fourth-order valence-electron chi connectivity index (χ4n) is 1.90. The maximum Gasteiger partial charge on any atom is 0.109 e. The summed E-state index contributed by atoms with van der Waals surface area (Å²) in [5.41, 5.74) is 3.03. The highest BCUT2D eigenvalue weighted by molar-refractivity contribution is 6.32. The first kappa shape index (κ1) is 14.4. The smallest absolute Gasteiger partial charge is 0.109 e. The van der Waals surface area contributed by atoms with Crippen LogP contribution in [0.3, 0.4) is 0 Å². The van der Waals surface area contributed by atoms with E-state index in [1.807, 2.05) is 19.1 Å². The van der Waals surface area contributed by atoms with E-state index in [2.05, 4.69) is 23.8 Å². The van der Waals surface area contributed by atoms with Crippen molar-refractivity contribution >= 4 is 22.6 Å². The van der Waals surface area contributed by atoms with Crippen LogP contribution in [0.25, 0.3) is 11.0 Å². The Morgan fingerprint density at radius 3 is 2.84 bits per heavy atom. The highest BCUT2D eigenvalue weighted by Crippen LogP contribution is 2.21. The molecule has 0 saturated carbocycles. The monoisotopic (exact) mass is 280 g/mol. The first-order valence-electron chi connectivity index (χ1n) is 6.78. The van der Waals surface area contributed by atoms with Crippen molar-refractivity contribution in [3.05, 3.63) is 28.5 Å². The van der Waals surface area contributed by atoms with Crippen LogP contribution in [0.2, 0.25) is 5.02 Å². The Kier molecular flexibility index (Phi) is 4.83. The molecule has 104 valence electrons. The summed E-state index contributed by atoms with van der Waals surface area (Å²) in [5.74, 6) is 1.65. The normalized spacial score (nSPS) is 11.6. The van der Waals surface area contributed by atoms with Crippen molar-refractivity contribution in [3.63, 3.8) is 0 Å². The minimum atomic E-state index is 0.691. The number of hydrogen-bond acceptors (Lipinski definition) is 2. The van der Waals surface area contributed by atoms with Gasteiger partial charge in [0.25, 0.3) is 0 Å². The number of ether oxygens (including phenoxy) is 1. The van der Waals surface area contributed by atoms with Crippen LogP contribution in [-0.4, -0.2) is 23.2 Å². The van der Waals surface area contributed by atoms with Crippen LogP contribution in [0.4, 0.5) is 0 Å². The third-order valence-electron chi connectivity index (χ3n) is 3.13. The van der Waals surface area contributed by atoms with Crippen molar-refractivity contribution in [2.24, 2.45) is 5.92 Å². The number of halogens is 1. The topological polar surface area (TPSA) is 37.9 Å². The summed E-state index contributed by atoms with van der Waals surface area (Å²) in [6.45, 7) is 7.93. The van der Waals surface area contributed by atoms with Crippen LogP contribution in [0.5, 0.6) is 0 Å². The average Bonchev–Trinajstić information content (AvgIpc) is 2.71. The molecule has 0 unspecified atom stereocenters. The van der Waals surface area contributed by atoms with E-state index >= 15 is 0 Å². The molecule has 0 spiro atoms. The standard InChI is InChI=1S/C15H21ClN2O/c1-10(2)4-6-19-7-5-15-17-13-8-11(3)12(16)9-14(13)18-15/h8-10H,4-7H2,1-3H3,(H,17,18). The summed E-state index contributed by atoms with van der Waals surface area (Å²) < 4.78 is 5.61. The van der Waals surface area contributed by atoms with Crippen molar-refractivity contribution in [2.75, 3.05) is 13.2 Å². The Hall–Kier alpha value is -1.06. The third kappa shape index (κ3) is 3.95. The van der Waals surface area contributed by atoms with Crippen molar-refractivity contribution in [2.45, 2.75) is 33.6 Å². The number of hydrogen-bond donors (Lipinski definition) is 1. The molecule has 0 radical (unpaired) electrons. The first-order valence-corrected chi connectivity index (χ1v) is 7.16. The Morgan fingerprint density at radius 1 is 1.32 bits per heavy atom. The van der Waals surface area contributed by atoms with Crippen LogP contribution < -0.4 is 0 Å². The van der Waals surface area contributed by atoms with Gasteiger partial charge in [-0.05, 0) is 37.0 Å². The number of aromatic amines is 1. The number of aromatic nitrogens is 2. The lowest BCUT2D eigenvalue weighted by Crippen LogP contribution is -2.03. The molecule has 4 heteroatoms. The van der Waals surface area contributed by atoms with Crippen LogP contribution in [-0.2, 0) is 11.2 Å². The minimum Gasteiger partial charge on any atom is -0.381 e. The highest BCUT2D eigenvalue weighted by Gasteiger charge is 2.05. The van der Waals surface area contributed by atoms with Gasteiger partial charge in [0.15, 0.2) is 0 Å². The van der Waals surface area contributed by atoms with Gasteiger partial charge < -0.3 is 9.72 Å². The Morgan fingerprint density at radius 2 is 2.11 bits per heavy atom. The molecule has 0 aliphatic rings. The van der Waals surface area contributed by atoms with Crippen molar-refractivity contribution in [3.8, 4) is 0 Å². The van der Waals surface area contributed by atoms with Gasteiger partial charge in [0.2, 0.25) is 0 Å². The van der Waals surface area contributed by atoms with Gasteiger partial charge in [-0.3, -0.25) is 0 Å². The molecule has 1 heterocycles. The predicted molar refractivity (Wildman–Crippen MR) is 79.8 cm³/mol. The minimum absolute atomic E-state index is 0.691. The molecule has 1 aromatic heterocycles. The Labute approximate surface area is 119 Å². The van der Waals surface area contributed by atoms with Gasteiger partial charge in [0.05, 0.1) is 17.6 Å². The Balaban J connectivity index is 1.91. The predicted octanol–water partition coefficient (Wildman–Crippen LogP) is 4.13. The Bertz CT molecular complexity index is 509. The molecular formula is C15H21ClN2O. The van der Waals surface area contributed by atoms with E-state index in [1.54, 1.807) is 0 Å². The molecule has 0 saturated heterocycles. The van der Waals surface area contributed by atoms with Crippen LogP contribution in [0, 0.1) is 12.8 Å². The van der Waals surface area contributed by atoms with E-state index in [4.69, 9.17) is 16.3 Å². The van der Waals surface area contributed by atoms with Gasteiger partial charge in [-0.2, -0.15) is 0 Å². The van der Waals surface area contributed by atoms with Gasteiger partial charge in [-0.25, -0.2) is 4.98 Å². The zero-order valence-electron chi connectivity index (χ0n) is 11.8.